The molecule has 1 saturated carbocycles. The first-order chi connectivity index (χ1) is 14.9. The lowest BCUT2D eigenvalue weighted by atomic mass is 9.78. The van der Waals surface area contributed by atoms with E-state index in [0.717, 1.165) is 48.8 Å². The summed E-state index contributed by atoms with van der Waals surface area (Å²) in [7, 11) is 3.67. The first-order valence-corrected chi connectivity index (χ1v) is 11.4. The van der Waals surface area contributed by atoms with Crippen LogP contribution >= 0.6 is 0 Å². The Balaban J connectivity index is 1.61. The molecule has 1 aromatic heterocycles. The van der Waals surface area contributed by atoms with Crippen LogP contribution in [0.25, 0.3) is 0 Å². The predicted molar refractivity (Wildman–Crippen MR) is 125 cm³/mol. The Morgan fingerprint density at radius 3 is 2.48 bits per heavy atom. The van der Waals surface area contributed by atoms with Gasteiger partial charge in [-0.25, -0.2) is 4.99 Å². The Morgan fingerprint density at radius 2 is 1.87 bits per heavy atom. The number of guanidine groups is 1. The van der Waals surface area contributed by atoms with Crippen molar-refractivity contribution in [3.8, 4) is 5.75 Å². The van der Waals surface area contributed by atoms with Crippen molar-refractivity contribution in [2.45, 2.75) is 59.4 Å². The van der Waals surface area contributed by atoms with Crippen LogP contribution in [0.2, 0.25) is 0 Å². The summed E-state index contributed by atoms with van der Waals surface area (Å²) in [6.45, 7) is 8.91. The summed E-state index contributed by atoms with van der Waals surface area (Å²) < 4.78 is 7.23. The minimum Gasteiger partial charge on any atom is -0.497 e. The fourth-order valence-electron chi connectivity index (χ4n) is 4.19. The number of nitrogens with zero attached hydrogens (tertiary/aromatic N) is 4. The Labute approximate surface area is 186 Å². The summed E-state index contributed by atoms with van der Waals surface area (Å²) >= 11 is 0. The van der Waals surface area contributed by atoms with E-state index in [-0.39, 0.29) is 5.41 Å². The zero-order chi connectivity index (χ0) is 22.3. The van der Waals surface area contributed by atoms with E-state index >= 15 is 0 Å². The van der Waals surface area contributed by atoms with Crippen molar-refractivity contribution in [2.24, 2.45) is 23.4 Å². The van der Waals surface area contributed by atoms with Crippen LogP contribution in [0.15, 0.2) is 29.3 Å². The number of aryl methyl sites for hydroxylation is 1. The highest BCUT2D eigenvalue weighted by atomic mass is 16.5. The molecule has 3 rings (SSSR count). The number of hydrogen-bond acceptors (Lipinski definition) is 4. The SMILES string of the molecule is COc1ccc(CCNC(=NCc2nnc(C)n2C)NCC(C)(C)C2CCCC2)cc1. The van der Waals surface area contributed by atoms with Gasteiger partial charge in [0, 0.05) is 20.1 Å². The molecule has 0 spiro atoms. The van der Waals surface area contributed by atoms with E-state index in [1.807, 2.05) is 30.7 Å². The molecular weight excluding hydrogens is 388 g/mol. The minimum absolute atomic E-state index is 0.246. The number of aromatic nitrogens is 3. The highest BCUT2D eigenvalue weighted by Crippen LogP contribution is 2.38. The maximum absolute atomic E-state index is 5.25. The van der Waals surface area contributed by atoms with Gasteiger partial charge in [0.25, 0.3) is 0 Å². The van der Waals surface area contributed by atoms with Crippen molar-refractivity contribution in [2.75, 3.05) is 20.2 Å². The van der Waals surface area contributed by atoms with Gasteiger partial charge in [-0.15, -0.1) is 10.2 Å². The van der Waals surface area contributed by atoms with E-state index in [9.17, 15) is 0 Å². The number of methoxy groups -OCH3 is 1. The second kappa shape index (κ2) is 10.6. The number of benzene rings is 1. The normalized spacial score (nSPS) is 15.3. The summed E-state index contributed by atoms with van der Waals surface area (Å²) in [6, 6.07) is 8.22. The first-order valence-electron chi connectivity index (χ1n) is 11.4. The summed E-state index contributed by atoms with van der Waals surface area (Å²) in [5.41, 5.74) is 1.51. The van der Waals surface area contributed by atoms with Crippen LogP contribution in [0.3, 0.4) is 0 Å². The zero-order valence-electron chi connectivity index (χ0n) is 19.7. The van der Waals surface area contributed by atoms with Gasteiger partial charge in [0.15, 0.2) is 11.8 Å². The Morgan fingerprint density at radius 1 is 1.16 bits per heavy atom. The molecule has 7 nitrogen and oxygen atoms in total. The van der Waals surface area contributed by atoms with Gasteiger partial charge in [0.05, 0.1) is 7.11 Å². The average Bonchev–Trinajstić information content (AvgIpc) is 3.42. The zero-order valence-corrected chi connectivity index (χ0v) is 19.7. The maximum atomic E-state index is 5.25. The van der Waals surface area contributed by atoms with Crippen molar-refractivity contribution in [3.63, 3.8) is 0 Å². The lowest BCUT2D eigenvalue weighted by molar-refractivity contribution is 0.218. The number of rotatable bonds is 9. The molecule has 170 valence electrons. The van der Waals surface area contributed by atoms with E-state index < -0.39 is 0 Å². The van der Waals surface area contributed by atoms with Crippen molar-refractivity contribution in [3.05, 3.63) is 41.5 Å². The number of ether oxygens (including phenoxy) is 1. The van der Waals surface area contributed by atoms with E-state index in [0.29, 0.717) is 6.54 Å². The van der Waals surface area contributed by atoms with Crippen LogP contribution < -0.4 is 15.4 Å². The highest BCUT2D eigenvalue weighted by molar-refractivity contribution is 5.79. The Kier molecular flexibility index (Phi) is 7.93. The average molecular weight is 427 g/mol. The monoisotopic (exact) mass is 426 g/mol. The molecule has 7 heteroatoms. The summed E-state index contributed by atoms with van der Waals surface area (Å²) in [5.74, 6) is 4.26. The third-order valence-electron chi connectivity index (χ3n) is 6.60. The minimum atomic E-state index is 0.246. The second-order valence-electron chi connectivity index (χ2n) is 9.24. The largest absolute Gasteiger partial charge is 0.497 e. The lowest BCUT2D eigenvalue weighted by Crippen LogP contribution is -2.44. The van der Waals surface area contributed by atoms with Gasteiger partial charge >= 0.3 is 0 Å². The molecule has 1 aliphatic carbocycles. The van der Waals surface area contributed by atoms with Gasteiger partial charge in [-0.1, -0.05) is 38.8 Å². The molecule has 0 amide bonds. The highest BCUT2D eigenvalue weighted by Gasteiger charge is 2.31. The number of aliphatic imine (C=N–C) groups is 1. The molecule has 0 unspecified atom stereocenters. The quantitative estimate of drug-likeness (QED) is 0.473. The molecule has 0 aliphatic heterocycles. The molecule has 0 bridgehead atoms. The van der Waals surface area contributed by atoms with Gasteiger partial charge in [-0.3, -0.25) is 0 Å². The third-order valence-corrected chi connectivity index (χ3v) is 6.60. The van der Waals surface area contributed by atoms with Crippen LogP contribution in [-0.2, 0) is 20.0 Å². The summed E-state index contributed by atoms with van der Waals surface area (Å²) in [4.78, 5) is 4.81. The molecule has 1 aliphatic rings. The first kappa shape index (κ1) is 23.1. The topological polar surface area (TPSA) is 76.4 Å². The van der Waals surface area contributed by atoms with E-state index in [1.165, 1.54) is 31.2 Å². The molecule has 2 N–H and O–H groups in total. The molecule has 1 aromatic carbocycles. The molecule has 2 aromatic rings. The van der Waals surface area contributed by atoms with Gasteiger partial charge in [-0.05, 0) is 55.2 Å². The number of nitrogens with one attached hydrogen (secondary N) is 2. The van der Waals surface area contributed by atoms with Crippen molar-refractivity contribution < 1.29 is 4.74 Å². The standard InChI is InChI=1S/C24H38N6O/c1-18-28-29-22(30(18)4)16-26-23(27-17-24(2,3)20-8-6-7-9-20)25-15-14-19-10-12-21(31-5)13-11-19/h10-13,20H,6-9,14-17H2,1-5H3,(H2,25,26,27). The van der Waals surface area contributed by atoms with Crippen molar-refractivity contribution in [1.29, 1.82) is 0 Å². The predicted octanol–water partition coefficient (Wildman–Crippen LogP) is 3.63. The maximum Gasteiger partial charge on any atom is 0.191 e. The van der Waals surface area contributed by atoms with Crippen LogP contribution in [-0.4, -0.2) is 40.9 Å². The molecule has 1 heterocycles. The molecule has 31 heavy (non-hydrogen) atoms. The van der Waals surface area contributed by atoms with E-state index in [2.05, 4.69) is 46.8 Å². The lowest BCUT2D eigenvalue weighted by Gasteiger charge is -2.32. The van der Waals surface area contributed by atoms with Crippen LogP contribution in [0.4, 0.5) is 0 Å². The fraction of sp³-hybridized carbons (Fsp3) is 0.625. The third kappa shape index (κ3) is 6.45. The summed E-state index contributed by atoms with van der Waals surface area (Å²) in [6.07, 6.45) is 6.32. The molecule has 1 fully saturated rings. The van der Waals surface area contributed by atoms with Crippen LogP contribution in [0.5, 0.6) is 5.75 Å². The number of hydrogen-bond donors (Lipinski definition) is 2. The Bertz CT molecular complexity index is 849. The smallest absolute Gasteiger partial charge is 0.191 e. The molecular formula is C24H38N6O. The van der Waals surface area contributed by atoms with Gasteiger partial charge in [-0.2, -0.15) is 0 Å². The van der Waals surface area contributed by atoms with Crippen molar-refractivity contribution in [1.82, 2.24) is 25.4 Å². The molecule has 0 atom stereocenters. The van der Waals surface area contributed by atoms with E-state index in [1.54, 1.807) is 7.11 Å². The van der Waals surface area contributed by atoms with Gasteiger partial charge in [0.1, 0.15) is 18.1 Å². The molecule has 0 radical (unpaired) electrons. The van der Waals surface area contributed by atoms with Gasteiger partial charge < -0.3 is 19.9 Å². The molecule has 0 saturated heterocycles. The van der Waals surface area contributed by atoms with Crippen LogP contribution in [0.1, 0.15) is 56.7 Å². The second-order valence-corrected chi connectivity index (χ2v) is 9.24. The van der Waals surface area contributed by atoms with Crippen LogP contribution in [0, 0.1) is 18.3 Å². The fourth-order valence-corrected chi connectivity index (χ4v) is 4.19. The van der Waals surface area contributed by atoms with Crippen molar-refractivity contribution >= 4 is 5.96 Å². The summed E-state index contributed by atoms with van der Waals surface area (Å²) in [5, 5.41) is 15.5. The van der Waals surface area contributed by atoms with Gasteiger partial charge in [0.2, 0.25) is 0 Å². The Hall–Kier alpha value is -2.57. The van der Waals surface area contributed by atoms with E-state index in [4.69, 9.17) is 9.73 Å².